The number of amides is 2. The fourth-order valence-electron chi connectivity index (χ4n) is 3.42. The maximum Gasteiger partial charge on any atom is 0.246 e. The van der Waals surface area contributed by atoms with Crippen LogP contribution in [0.5, 0.6) is 0 Å². The number of carbonyl (C=O) groups excluding carboxylic acids is 2. The van der Waals surface area contributed by atoms with Crippen LogP contribution in [0.15, 0.2) is 0 Å². The summed E-state index contributed by atoms with van der Waals surface area (Å²) >= 11 is 0. The van der Waals surface area contributed by atoms with Gasteiger partial charge in [0, 0.05) is 6.54 Å². The van der Waals surface area contributed by atoms with E-state index >= 15 is 0 Å². The quantitative estimate of drug-likeness (QED) is 0.807. The second-order valence-corrected chi connectivity index (χ2v) is 6.78. The van der Waals surface area contributed by atoms with Gasteiger partial charge < -0.3 is 10.2 Å². The molecular weight excluding hydrogens is 252 g/mol. The first-order valence-electron chi connectivity index (χ1n) is 8.26. The van der Waals surface area contributed by atoms with Crippen molar-refractivity contribution in [3.8, 4) is 0 Å². The molecule has 3 aliphatic rings. The lowest BCUT2D eigenvalue weighted by molar-refractivity contribution is -0.151. The van der Waals surface area contributed by atoms with Gasteiger partial charge in [-0.2, -0.15) is 0 Å². The number of nitrogens with one attached hydrogen (secondary N) is 1. The minimum Gasteiger partial charge on any atom is -0.342 e. The van der Waals surface area contributed by atoms with Crippen molar-refractivity contribution in [2.45, 2.75) is 64.5 Å². The molecule has 0 bridgehead atoms. The molecule has 112 valence electrons. The molecule has 2 atom stereocenters. The molecule has 20 heavy (non-hydrogen) atoms. The molecule has 1 heterocycles. The third-order valence-electron chi connectivity index (χ3n) is 5.22. The summed E-state index contributed by atoms with van der Waals surface area (Å²) in [5.74, 6) is 1.63. The van der Waals surface area contributed by atoms with Crippen LogP contribution in [0.3, 0.4) is 0 Å². The van der Waals surface area contributed by atoms with Crippen molar-refractivity contribution in [1.82, 2.24) is 10.2 Å². The number of carbonyl (C=O) groups is 2. The second-order valence-electron chi connectivity index (χ2n) is 6.78. The normalized spacial score (nSPS) is 30.9. The van der Waals surface area contributed by atoms with E-state index in [1.54, 1.807) is 0 Å². The van der Waals surface area contributed by atoms with E-state index < -0.39 is 0 Å². The van der Waals surface area contributed by atoms with Gasteiger partial charge in [-0.05, 0) is 43.4 Å². The van der Waals surface area contributed by atoms with Gasteiger partial charge in [0.15, 0.2) is 0 Å². The third kappa shape index (κ3) is 2.57. The van der Waals surface area contributed by atoms with Crippen LogP contribution in [-0.2, 0) is 9.59 Å². The molecule has 2 saturated carbocycles. The zero-order chi connectivity index (χ0) is 14.3. The van der Waals surface area contributed by atoms with Gasteiger partial charge in [-0.1, -0.05) is 26.7 Å². The summed E-state index contributed by atoms with van der Waals surface area (Å²) < 4.78 is 0. The molecule has 4 heteroatoms. The lowest BCUT2D eigenvalue weighted by Gasteiger charge is -2.41. The first-order chi connectivity index (χ1) is 9.65. The highest BCUT2D eigenvalue weighted by atomic mass is 16.2. The summed E-state index contributed by atoms with van der Waals surface area (Å²) in [6.07, 6.45) is 6.52. The monoisotopic (exact) mass is 278 g/mol. The summed E-state index contributed by atoms with van der Waals surface area (Å²) in [5, 5.41) is 3.01. The van der Waals surface area contributed by atoms with Gasteiger partial charge in [0.05, 0.1) is 0 Å². The largest absolute Gasteiger partial charge is 0.342 e. The topological polar surface area (TPSA) is 49.4 Å². The Morgan fingerprint density at radius 2 is 1.70 bits per heavy atom. The van der Waals surface area contributed by atoms with Crippen molar-refractivity contribution in [2.75, 3.05) is 6.54 Å². The molecule has 0 spiro atoms. The zero-order valence-electron chi connectivity index (χ0n) is 12.6. The SMILES string of the molecule is CCC(CC)CN1C(=O)C(C2CC2)NC(=O)C1C1CC1. The molecule has 0 aromatic heterocycles. The molecule has 4 nitrogen and oxygen atoms in total. The molecule has 0 aromatic carbocycles. The number of nitrogens with zero attached hydrogens (tertiary/aromatic N) is 1. The molecule has 2 amide bonds. The van der Waals surface area contributed by atoms with E-state index in [9.17, 15) is 9.59 Å². The Hall–Kier alpha value is -1.06. The van der Waals surface area contributed by atoms with Crippen molar-refractivity contribution < 1.29 is 9.59 Å². The average molecular weight is 278 g/mol. The lowest BCUT2D eigenvalue weighted by atomic mass is 9.96. The van der Waals surface area contributed by atoms with Gasteiger partial charge in [0.2, 0.25) is 11.8 Å². The highest BCUT2D eigenvalue weighted by molar-refractivity contribution is 5.97. The molecule has 1 N–H and O–H groups in total. The standard InChI is InChI=1S/C16H26N2O2/c1-3-10(4-2)9-18-14(12-7-8-12)15(19)17-13(16(18)20)11-5-6-11/h10-14H,3-9H2,1-2H3,(H,17,19). The number of hydrogen-bond donors (Lipinski definition) is 1. The van der Waals surface area contributed by atoms with Crippen LogP contribution in [0.2, 0.25) is 0 Å². The lowest BCUT2D eigenvalue weighted by Crippen LogP contribution is -2.65. The van der Waals surface area contributed by atoms with E-state index in [0.29, 0.717) is 17.8 Å². The summed E-state index contributed by atoms with van der Waals surface area (Å²) in [7, 11) is 0. The van der Waals surface area contributed by atoms with Crippen molar-refractivity contribution >= 4 is 11.8 Å². The molecular formula is C16H26N2O2. The average Bonchev–Trinajstić information content (AvgIpc) is 3.29. The first-order valence-corrected chi connectivity index (χ1v) is 8.26. The van der Waals surface area contributed by atoms with Crippen LogP contribution in [0.1, 0.15) is 52.4 Å². The Labute approximate surface area is 121 Å². The highest BCUT2D eigenvalue weighted by Gasteiger charge is 2.51. The molecule has 0 aromatic rings. The Balaban J connectivity index is 1.78. The van der Waals surface area contributed by atoms with Crippen LogP contribution in [0, 0.1) is 17.8 Å². The Morgan fingerprint density at radius 3 is 2.20 bits per heavy atom. The van der Waals surface area contributed by atoms with Gasteiger partial charge in [-0.15, -0.1) is 0 Å². The summed E-state index contributed by atoms with van der Waals surface area (Å²) in [5.41, 5.74) is 0. The van der Waals surface area contributed by atoms with Crippen LogP contribution in [0.4, 0.5) is 0 Å². The maximum absolute atomic E-state index is 12.8. The first kappa shape index (κ1) is 13.9. The van der Waals surface area contributed by atoms with Gasteiger partial charge in [-0.3, -0.25) is 9.59 Å². The van der Waals surface area contributed by atoms with Gasteiger partial charge in [-0.25, -0.2) is 0 Å². The number of piperazine rings is 1. The van der Waals surface area contributed by atoms with Gasteiger partial charge >= 0.3 is 0 Å². The molecule has 1 aliphatic heterocycles. The predicted molar refractivity (Wildman–Crippen MR) is 77.0 cm³/mol. The van der Waals surface area contributed by atoms with Gasteiger partial charge in [0.1, 0.15) is 12.1 Å². The van der Waals surface area contributed by atoms with E-state index in [1.807, 2.05) is 4.90 Å². The minimum absolute atomic E-state index is 0.106. The molecule has 0 radical (unpaired) electrons. The molecule has 3 rings (SSSR count). The van der Waals surface area contributed by atoms with Crippen molar-refractivity contribution in [1.29, 1.82) is 0 Å². The molecule has 2 aliphatic carbocycles. The predicted octanol–water partition coefficient (Wildman–Crippen LogP) is 1.94. The minimum atomic E-state index is -0.230. The smallest absolute Gasteiger partial charge is 0.246 e. The van der Waals surface area contributed by atoms with Crippen LogP contribution >= 0.6 is 0 Å². The van der Waals surface area contributed by atoms with E-state index in [2.05, 4.69) is 19.2 Å². The summed E-state index contributed by atoms with van der Waals surface area (Å²) in [6.45, 7) is 5.12. The molecule has 2 unspecified atom stereocenters. The molecule has 1 saturated heterocycles. The van der Waals surface area contributed by atoms with E-state index in [0.717, 1.165) is 45.1 Å². The third-order valence-corrected chi connectivity index (χ3v) is 5.22. The van der Waals surface area contributed by atoms with Crippen molar-refractivity contribution in [3.63, 3.8) is 0 Å². The van der Waals surface area contributed by atoms with Crippen LogP contribution < -0.4 is 5.32 Å². The van der Waals surface area contributed by atoms with E-state index in [4.69, 9.17) is 0 Å². The van der Waals surface area contributed by atoms with Gasteiger partial charge in [0.25, 0.3) is 0 Å². The van der Waals surface area contributed by atoms with E-state index in [-0.39, 0.29) is 23.9 Å². The zero-order valence-corrected chi connectivity index (χ0v) is 12.6. The highest BCUT2D eigenvalue weighted by Crippen LogP contribution is 2.40. The second kappa shape index (κ2) is 5.38. The Kier molecular flexibility index (Phi) is 3.74. The van der Waals surface area contributed by atoms with Crippen molar-refractivity contribution in [3.05, 3.63) is 0 Å². The van der Waals surface area contributed by atoms with Crippen LogP contribution in [0.25, 0.3) is 0 Å². The van der Waals surface area contributed by atoms with Crippen molar-refractivity contribution in [2.24, 2.45) is 17.8 Å². The van der Waals surface area contributed by atoms with E-state index in [1.165, 1.54) is 0 Å². The summed E-state index contributed by atoms with van der Waals surface area (Å²) in [4.78, 5) is 27.1. The Morgan fingerprint density at radius 1 is 1.10 bits per heavy atom. The molecule has 3 fully saturated rings. The Bertz CT molecular complexity index is 397. The number of rotatable bonds is 6. The number of hydrogen-bond acceptors (Lipinski definition) is 2. The fraction of sp³-hybridized carbons (Fsp3) is 0.875. The maximum atomic E-state index is 12.8. The van der Waals surface area contributed by atoms with Crippen LogP contribution in [-0.4, -0.2) is 35.3 Å². The fourth-order valence-corrected chi connectivity index (χ4v) is 3.42. The summed E-state index contributed by atoms with van der Waals surface area (Å²) in [6, 6.07) is -0.412.